The summed E-state index contributed by atoms with van der Waals surface area (Å²) in [5.74, 6) is 0. The molecule has 1 N–H and O–H groups in total. The number of anilines is 1. The Kier molecular flexibility index (Phi) is 5.03. The van der Waals surface area contributed by atoms with Crippen molar-refractivity contribution in [3.63, 3.8) is 0 Å². The maximum Gasteiger partial charge on any atom is 0.0528 e. The lowest BCUT2D eigenvalue weighted by Gasteiger charge is -2.14. The summed E-state index contributed by atoms with van der Waals surface area (Å²) in [6, 6.07) is 4.60. The molecule has 0 amide bonds. The fourth-order valence-electron chi connectivity index (χ4n) is 1.53. The second-order valence-corrected chi connectivity index (χ2v) is 4.59. The molecule has 1 aromatic rings. The van der Waals surface area contributed by atoms with Crippen molar-refractivity contribution in [2.75, 3.05) is 5.32 Å². The highest BCUT2D eigenvalue weighted by molar-refractivity contribution is 5.41. The molecule has 0 spiro atoms. The summed E-state index contributed by atoms with van der Waals surface area (Å²) < 4.78 is 0. The van der Waals surface area contributed by atoms with Gasteiger partial charge in [0.05, 0.1) is 11.9 Å². The number of allylic oxidation sites excluding steroid dienone is 2. The Hall–Kier alpha value is -1.31. The van der Waals surface area contributed by atoms with Gasteiger partial charge in [-0.25, -0.2) is 0 Å². The van der Waals surface area contributed by atoms with E-state index in [1.165, 1.54) is 5.57 Å². The van der Waals surface area contributed by atoms with Gasteiger partial charge in [-0.2, -0.15) is 0 Å². The van der Waals surface area contributed by atoms with Gasteiger partial charge in [0.2, 0.25) is 0 Å². The van der Waals surface area contributed by atoms with E-state index in [1.807, 2.05) is 19.2 Å². The molecule has 0 aliphatic heterocycles. The molecule has 0 aliphatic carbocycles. The average molecular weight is 218 g/mol. The van der Waals surface area contributed by atoms with Crippen molar-refractivity contribution in [1.82, 2.24) is 4.98 Å². The Bertz CT molecular complexity index is 334. The van der Waals surface area contributed by atoms with E-state index >= 15 is 0 Å². The molecule has 1 unspecified atom stereocenters. The van der Waals surface area contributed by atoms with Gasteiger partial charge in [-0.05, 0) is 52.7 Å². The molecule has 0 radical (unpaired) electrons. The molecule has 1 aromatic heterocycles. The first-order valence-electron chi connectivity index (χ1n) is 5.90. The van der Waals surface area contributed by atoms with Gasteiger partial charge in [0, 0.05) is 11.7 Å². The number of hydrogen-bond donors (Lipinski definition) is 1. The van der Waals surface area contributed by atoms with E-state index in [0.29, 0.717) is 6.04 Å². The zero-order chi connectivity index (χ0) is 12.0. The maximum absolute atomic E-state index is 4.27. The predicted molar refractivity (Wildman–Crippen MR) is 70.7 cm³/mol. The van der Waals surface area contributed by atoms with E-state index in [0.717, 1.165) is 24.2 Å². The highest BCUT2D eigenvalue weighted by Gasteiger charge is 2.00. The van der Waals surface area contributed by atoms with E-state index in [4.69, 9.17) is 0 Å². The Morgan fingerprint density at radius 2 is 2.19 bits per heavy atom. The molecule has 88 valence electrons. The minimum atomic E-state index is 0.486. The van der Waals surface area contributed by atoms with Crippen LogP contribution in [0.3, 0.4) is 0 Å². The smallest absolute Gasteiger partial charge is 0.0528 e. The van der Waals surface area contributed by atoms with Gasteiger partial charge < -0.3 is 5.32 Å². The quantitative estimate of drug-likeness (QED) is 0.757. The van der Waals surface area contributed by atoms with Crippen LogP contribution < -0.4 is 5.32 Å². The van der Waals surface area contributed by atoms with Crippen molar-refractivity contribution in [3.05, 3.63) is 35.7 Å². The Morgan fingerprint density at radius 1 is 1.44 bits per heavy atom. The van der Waals surface area contributed by atoms with Crippen molar-refractivity contribution in [1.29, 1.82) is 0 Å². The van der Waals surface area contributed by atoms with Crippen LogP contribution in [0.4, 0.5) is 5.69 Å². The number of aryl methyl sites for hydroxylation is 1. The highest BCUT2D eigenvalue weighted by atomic mass is 14.9. The lowest BCUT2D eigenvalue weighted by atomic mass is 10.1. The summed E-state index contributed by atoms with van der Waals surface area (Å²) in [4.78, 5) is 4.27. The fourth-order valence-corrected chi connectivity index (χ4v) is 1.53. The van der Waals surface area contributed by atoms with Gasteiger partial charge in [-0.1, -0.05) is 11.6 Å². The molecule has 1 rings (SSSR count). The normalized spacial score (nSPS) is 12.0. The van der Waals surface area contributed by atoms with Crippen LogP contribution in [0.25, 0.3) is 0 Å². The van der Waals surface area contributed by atoms with Crippen molar-refractivity contribution in [2.45, 2.75) is 46.6 Å². The summed E-state index contributed by atoms with van der Waals surface area (Å²) in [5, 5.41) is 3.45. The lowest BCUT2D eigenvalue weighted by molar-refractivity contribution is 0.716. The first kappa shape index (κ1) is 12.8. The zero-order valence-corrected chi connectivity index (χ0v) is 10.7. The van der Waals surface area contributed by atoms with Crippen LogP contribution in [-0.2, 0) is 0 Å². The van der Waals surface area contributed by atoms with Crippen molar-refractivity contribution in [2.24, 2.45) is 0 Å². The summed E-state index contributed by atoms with van der Waals surface area (Å²) >= 11 is 0. The third-order valence-electron chi connectivity index (χ3n) is 2.48. The summed E-state index contributed by atoms with van der Waals surface area (Å²) in [6.45, 7) is 8.49. The van der Waals surface area contributed by atoms with Gasteiger partial charge in [0.1, 0.15) is 0 Å². The third kappa shape index (κ3) is 4.96. The van der Waals surface area contributed by atoms with Gasteiger partial charge in [-0.15, -0.1) is 0 Å². The molecule has 0 fully saturated rings. The molecular weight excluding hydrogens is 196 g/mol. The second-order valence-electron chi connectivity index (χ2n) is 4.59. The Labute approximate surface area is 98.8 Å². The van der Waals surface area contributed by atoms with Crippen molar-refractivity contribution in [3.8, 4) is 0 Å². The SMILES string of the molecule is CC(C)=CCCC(C)Nc1ccc(C)nc1. The molecular formula is C14H22N2. The number of nitrogens with one attached hydrogen (secondary N) is 1. The van der Waals surface area contributed by atoms with E-state index in [2.05, 4.69) is 43.2 Å². The first-order chi connectivity index (χ1) is 7.58. The van der Waals surface area contributed by atoms with E-state index in [9.17, 15) is 0 Å². The molecule has 0 bridgehead atoms. The third-order valence-corrected chi connectivity index (χ3v) is 2.48. The molecule has 2 heteroatoms. The second kappa shape index (κ2) is 6.31. The molecule has 16 heavy (non-hydrogen) atoms. The van der Waals surface area contributed by atoms with Crippen LogP contribution in [0.5, 0.6) is 0 Å². The Morgan fingerprint density at radius 3 is 2.75 bits per heavy atom. The summed E-state index contributed by atoms with van der Waals surface area (Å²) in [5.41, 5.74) is 3.56. The monoisotopic (exact) mass is 218 g/mol. The standard InChI is InChI=1S/C14H22N2/c1-11(2)6-5-7-13(4)16-14-9-8-12(3)15-10-14/h6,8-10,13,16H,5,7H2,1-4H3. The number of hydrogen-bond acceptors (Lipinski definition) is 2. The Balaban J connectivity index is 2.36. The lowest BCUT2D eigenvalue weighted by Crippen LogP contribution is -2.14. The van der Waals surface area contributed by atoms with Gasteiger partial charge in [-0.3, -0.25) is 4.98 Å². The van der Waals surface area contributed by atoms with Crippen LogP contribution in [0, 0.1) is 6.92 Å². The molecule has 0 saturated carbocycles. The average Bonchev–Trinajstić information content (AvgIpc) is 2.21. The van der Waals surface area contributed by atoms with Crippen molar-refractivity contribution >= 4 is 5.69 Å². The van der Waals surface area contributed by atoms with Gasteiger partial charge in [0.25, 0.3) is 0 Å². The molecule has 0 saturated heterocycles. The van der Waals surface area contributed by atoms with Gasteiger partial charge >= 0.3 is 0 Å². The maximum atomic E-state index is 4.27. The van der Waals surface area contributed by atoms with Crippen LogP contribution in [0.1, 0.15) is 39.3 Å². The van der Waals surface area contributed by atoms with E-state index in [-0.39, 0.29) is 0 Å². The fraction of sp³-hybridized carbons (Fsp3) is 0.500. The van der Waals surface area contributed by atoms with Crippen LogP contribution >= 0.6 is 0 Å². The van der Waals surface area contributed by atoms with E-state index < -0.39 is 0 Å². The molecule has 0 aromatic carbocycles. The topological polar surface area (TPSA) is 24.9 Å². The highest BCUT2D eigenvalue weighted by Crippen LogP contribution is 2.10. The molecule has 1 heterocycles. The summed E-state index contributed by atoms with van der Waals surface area (Å²) in [6.07, 6.45) is 6.47. The van der Waals surface area contributed by atoms with Crippen LogP contribution in [-0.4, -0.2) is 11.0 Å². The van der Waals surface area contributed by atoms with Crippen molar-refractivity contribution < 1.29 is 0 Å². The molecule has 1 atom stereocenters. The minimum absolute atomic E-state index is 0.486. The minimum Gasteiger partial charge on any atom is -0.381 e. The zero-order valence-electron chi connectivity index (χ0n) is 10.7. The molecule has 2 nitrogen and oxygen atoms in total. The predicted octanol–water partition coefficient (Wildman–Crippen LogP) is 3.94. The largest absolute Gasteiger partial charge is 0.381 e. The number of nitrogens with zero attached hydrogens (tertiary/aromatic N) is 1. The van der Waals surface area contributed by atoms with Crippen LogP contribution in [0.2, 0.25) is 0 Å². The number of rotatable bonds is 5. The van der Waals surface area contributed by atoms with Crippen LogP contribution in [0.15, 0.2) is 30.0 Å². The summed E-state index contributed by atoms with van der Waals surface area (Å²) in [7, 11) is 0. The number of aromatic nitrogens is 1. The van der Waals surface area contributed by atoms with E-state index in [1.54, 1.807) is 0 Å². The number of pyridine rings is 1. The van der Waals surface area contributed by atoms with Gasteiger partial charge in [0.15, 0.2) is 0 Å². The first-order valence-corrected chi connectivity index (χ1v) is 5.90. The molecule has 0 aliphatic rings.